The minimum atomic E-state index is -1.26. The summed E-state index contributed by atoms with van der Waals surface area (Å²) in [4.78, 5) is 35.9. The number of carboxylic acid groups (broad SMARTS) is 1. The topological polar surface area (TPSA) is 95.1 Å². The molecule has 2 aromatic carbocycles. The maximum atomic E-state index is 12.7. The molecular weight excluding hydrogens is 470 g/mol. The Morgan fingerprint density at radius 3 is 2.30 bits per heavy atom. The van der Waals surface area contributed by atoms with Crippen LogP contribution in [0.4, 0.5) is 11.7 Å². The molecule has 4 heterocycles. The lowest BCUT2D eigenvalue weighted by molar-refractivity contribution is 0.0695. The first-order valence-corrected chi connectivity index (χ1v) is 12.7. The number of oxazole rings is 1. The second kappa shape index (κ2) is 9.40. The van der Waals surface area contributed by atoms with Gasteiger partial charge in [0.1, 0.15) is 11.1 Å². The average Bonchev–Trinajstić information content (AvgIpc) is 3.59. The first-order valence-electron chi connectivity index (χ1n) is 12.7. The highest BCUT2D eigenvalue weighted by molar-refractivity contribution is 5.88. The Hall–Kier alpha value is -4.11. The maximum Gasteiger partial charge on any atom is 0.341 e. The summed E-state index contributed by atoms with van der Waals surface area (Å²) in [7, 11) is 2.10. The number of likely N-dealkylation sites (N-methyl/N-ethyl adjacent to an activating group) is 1. The van der Waals surface area contributed by atoms with Crippen molar-refractivity contribution in [3.8, 4) is 16.9 Å². The fourth-order valence-corrected chi connectivity index (χ4v) is 5.13. The average molecular weight is 500 g/mol. The molecule has 2 saturated heterocycles. The van der Waals surface area contributed by atoms with Crippen molar-refractivity contribution >= 4 is 28.8 Å². The maximum absolute atomic E-state index is 12.7. The second-order valence-corrected chi connectivity index (χ2v) is 9.79. The Kier molecular flexibility index (Phi) is 5.92. The van der Waals surface area contributed by atoms with Crippen LogP contribution >= 0.6 is 0 Å². The van der Waals surface area contributed by atoms with Gasteiger partial charge in [0.05, 0.1) is 5.69 Å². The Labute approximate surface area is 214 Å². The molecule has 0 radical (unpaired) electrons. The van der Waals surface area contributed by atoms with E-state index in [4.69, 9.17) is 4.42 Å². The van der Waals surface area contributed by atoms with E-state index in [2.05, 4.69) is 38.9 Å². The van der Waals surface area contributed by atoms with Crippen molar-refractivity contribution in [2.24, 2.45) is 0 Å². The normalized spacial score (nSPS) is 16.6. The highest BCUT2D eigenvalue weighted by Crippen LogP contribution is 2.29. The molecule has 4 aromatic rings. The lowest BCUT2D eigenvalue weighted by atomic mass is 10.1. The number of fused-ring (bicyclic) bond motifs is 1. The van der Waals surface area contributed by atoms with E-state index >= 15 is 0 Å². The van der Waals surface area contributed by atoms with Crippen LogP contribution in [0.15, 0.2) is 63.9 Å². The summed E-state index contributed by atoms with van der Waals surface area (Å²) < 4.78 is 7.87. The summed E-state index contributed by atoms with van der Waals surface area (Å²) >= 11 is 0. The third-order valence-corrected chi connectivity index (χ3v) is 7.33. The van der Waals surface area contributed by atoms with Gasteiger partial charge in [-0.3, -0.25) is 4.79 Å². The summed E-state index contributed by atoms with van der Waals surface area (Å²) in [5.74, 6) is -1.26. The van der Waals surface area contributed by atoms with Crippen LogP contribution in [0.25, 0.3) is 28.0 Å². The molecule has 0 amide bonds. The van der Waals surface area contributed by atoms with Gasteiger partial charge >= 0.3 is 5.97 Å². The van der Waals surface area contributed by atoms with Crippen molar-refractivity contribution in [2.75, 3.05) is 56.1 Å². The first kappa shape index (κ1) is 23.3. The van der Waals surface area contributed by atoms with Gasteiger partial charge in [-0.2, -0.15) is 4.98 Å². The Balaban J connectivity index is 1.41. The molecule has 2 aliphatic heterocycles. The highest BCUT2D eigenvalue weighted by Gasteiger charge is 2.21. The molecular formula is C28H29N5O4. The van der Waals surface area contributed by atoms with E-state index in [1.54, 1.807) is 4.57 Å². The van der Waals surface area contributed by atoms with Crippen LogP contribution in [-0.4, -0.2) is 71.8 Å². The number of hydrogen-bond donors (Lipinski definition) is 1. The van der Waals surface area contributed by atoms with Crippen LogP contribution < -0.4 is 15.2 Å². The summed E-state index contributed by atoms with van der Waals surface area (Å²) in [5, 5.41) is 9.64. The van der Waals surface area contributed by atoms with Crippen molar-refractivity contribution in [1.82, 2.24) is 14.5 Å². The number of benzene rings is 2. The van der Waals surface area contributed by atoms with Crippen LogP contribution in [0.2, 0.25) is 0 Å². The molecule has 0 atom stereocenters. The van der Waals surface area contributed by atoms with E-state index < -0.39 is 11.4 Å². The van der Waals surface area contributed by atoms with Crippen molar-refractivity contribution in [3.63, 3.8) is 0 Å². The smallest absolute Gasteiger partial charge is 0.341 e. The number of aromatic nitrogens is 2. The third kappa shape index (κ3) is 4.46. The minimum Gasteiger partial charge on any atom is -0.477 e. The molecule has 0 bridgehead atoms. The summed E-state index contributed by atoms with van der Waals surface area (Å²) in [5.41, 5.74) is 3.81. The number of pyridine rings is 1. The Morgan fingerprint density at radius 1 is 0.892 bits per heavy atom. The van der Waals surface area contributed by atoms with E-state index in [9.17, 15) is 14.7 Å². The molecule has 2 fully saturated rings. The molecule has 1 N–H and O–H groups in total. The number of piperazine rings is 1. The van der Waals surface area contributed by atoms with Crippen molar-refractivity contribution in [3.05, 3.63) is 70.5 Å². The van der Waals surface area contributed by atoms with Crippen LogP contribution in [-0.2, 0) is 0 Å². The van der Waals surface area contributed by atoms with Crippen LogP contribution in [0.3, 0.4) is 0 Å². The fourth-order valence-electron chi connectivity index (χ4n) is 5.13. The van der Waals surface area contributed by atoms with E-state index in [-0.39, 0.29) is 5.56 Å². The van der Waals surface area contributed by atoms with Crippen LogP contribution in [0.5, 0.6) is 0 Å². The van der Waals surface area contributed by atoms with Gasteiger partial charge in [0.15, 0.2) is 11.0 Å². The van der Waals surface area contributed by atoms with Crippen LogP contribution in [0, 0.1) is 0 Å². The molecule has 9 heteroatoms. The van der Waals surface area contributed by atoms with Gasteiger partial charge in [-0.1, -0.05) is 12.1 Å². The number of carboxylic acids is 1. The molecule has 2 aromatic heterocycles. The minimum absolute atomic E-state index is 0.284. The van der Waals surface area contributed by atoms with Gasteiger partial charge in [0.25, 0.3) is 6.01 Å². The van der Waals surface area contributed by atoms with E-state index in [1.165, 1.54) is 25.1 Å². The van der Waals surface area contributed by atoms with Gasteiger partial charge in [-0.15, -0.1) is 0 Å². The number of aromatic carboxylic acids is 1. The Morgan fingerprint density at radius 2 is 1.59 bits per heavy atom. The van der Waals surface area contributed by atoms with Crippen LogP contribution in [0.1, 0.15) is 23.2 Å². The molecule has 6 rings (SSSR count). The van der Waals surface area contributed by atoms with Gasteiger partial charge in [0, 0.05) is 69.0 Å². The summed E-state index contributed by atoms with van der Waals surface area (Å²) in [6.45, 7) is 5.67. The monoisotopic (exact) mass is 499 g/mol. The molecule has 0 unspecified atom stereocenters. The number of nitrogens with zero attached hydrogens (tertiary/aromatic N) is 5. The van der Waals surface area contributed by atoms with Gasteiger partial charge in [-0.05, 0) is 49.7 Å². The van der Waals surface area contributed by atoms with E-state index in [0.717, 1.165) is 56.0 Å². The molecule has 37 heavy (non-hydrogen) atoms. The zero-order chi connectivity index (χ0) is 25.5. The molecule has 0 saturated carbocycles. The largest absolute Gasteiger partial charge is 0.477 e. The molecule has 190 valence electrons. The number of hydrogen-bond acceptors (Lipinski definition) is 7. The summed E-state index contributed by atoms with van der Waals surface area (Å²) in [6.07, 6.45) is 3.78. The molecule has 2 aliphatic rings. The number of rotatable bonds is 5. The lowest BCUT2D eigenvalue weighted by Crippen LogP contribution is -2.44. The number of carbonyl (C=O) groups is 1. The second-order valence-electron chi connectivity index (χ2n) is 9.79. The zero-order valence-electron chi connectivity index (χ0n) is 20.8. The zero-order valence-corrected chi connectivity index (χ0v) is 20.8. The van der Waals surface area contributed by atoms with E-state index in [1.807, 2.05) is 30.3 Å². The lowest BCUT2D eigenvalue weighted by Gasteiger charge is -2.31. The van der Waals surface area contributed by atoms with Gasteiger partial charge in [-0.25, -0.2) is 4.79 Å². The van der Waals surface area contributed by atoms with Crippen molar-refractivity contribution in [1.29, 1.82) is 0 Å². The molecule has 0 aliphatic carbocycles. The van der Waals surface area contributed by atoms with Crippen molar-refractivity contribution in [2.45, 2.75) is 12.8 Å². The molecule has 0 spiro atoms. The third-order valence-electron chi connectivity index (χ3n) is 7.33. The van der Waals surface area contributed by atoms with Gasteiger partial charge in [0.2, 0.25) is 0 Å². The van der Waals surface area contributed by atoms with Crippen molar-refractivity contribution < 1.29 is 14.3 Å². The standard InChI is InChI=1S/C28H29N5O4/c1-30-12-14-32(15-13-30)28-29-23-9-8-21(16-26(23)37-28)33-18-22(27(35)36)25(34)17-24(33)19-4-6-20(7-5-19)31-10-2-3-11-31/h4-9,16-18H,2-3,10-15H2,1H3,(H,35,36). The van der Waals surface area contributed by atoms with Gasteiger partial charge < -0.3 is 28.8 Å². The Bertz CT molecular complexity index is 1510. The number of anilines is 2. The SMILES string of the molecule is CN1CCN(c2nc3ccc(-n4cc(C(=O)O)c(=O)cc4-c4ccc(N5CCCC5)cc4)cc3o2)CC1. The summed E-state index contributed by atoms with van der Waals surface area (Å²) in [6, 6.07) is 15.7. The fraction of sp³-hybridized carbons (Fsp3) is 0.321. The quantitative estimate of drug-likeness (QED) is 0.444. The molecule has 9 nitrogen and oxygen atoms in total. The predicted molar refractivity (Wildman–Crippen MR) is 143 cm³/mol. The predicted octanol–water partition coefficient (Wildman–Crippen LogP) is 3.70. The van der Waals surface area contributed by atoms with E-state index in [0.29, 0.717) is 23.0 Å². The first-order chi connectivity index (χ1) is 18.0. The highest BCUT2D eigenvalue weighted by atomic mass is 16.4.